The predicted molar refractivity (Wildman–Crippen MR) is 127 cm³/mol. The van der Waals surface area contributed by atoms with Crippen LogP contribution >= 0.6 is 34.8 Å². The lowest BCUT2D eigenvalue weighted by molar-refractivity contribution is -0.118. The minimum atomic E-state index is -0.357. The summed E-state index contributed by atoms with van der Waals surface area (Å²) in [4.78, 5) is 21.1. The molecule has 164 valence electrons. The van der Waals surface area contributed by atoms with Crippen molar-refractivity contribution in [3.63, 3.8) is 0 Å². The van der Waals surface area contributed by atoms with Crippen molar-refractivity contribution in [1.82, 2.24) is 9.97 Å². The van der Waals surface area contributed by atoms with Crippen molar-refractivity contribution in [2.45, 2.75) is 20.8 Å². The van der Waals surface area contributed by atoms with Gasteiger partial charge in [0.25, 0.3) is 5.91 Å². The Hall–Kier alpha value is -2.80. The smallest absolute Gasteiger partial charge is 0.262 e. The average Bonchev–Trinajstić information content (AvgIpc) is 3.22. The molecule has 0 fully saturated rings. The van der Waals surface area contributed by atoms with Crippen molar-refractivity contribution in [3.05, 3.63) is 68.3 Å². The fourth-order valence-electron chi connectivity index (χ4n) is 3.19. The molecule has 4 rings (SSSR count). The van der Waals surface area contributed by atoms with E-state index in [0.717, 1.165) is 11.1 Å². The molecule has 0 bridgehead atoms. The van der Waals surface area contributed by atoms with Gasteiger partial charge in [-0.3, -0.25) is 4.79 Å². The highest BCUT2D eigenvalue weighted by molar-refractivity contribution is 6.42. The number of oxazole rings is 1. The second-order valence-corrected chi connectivity index (χ2v) is 8.37. The van der Waals surface area contributed by atoms with E-state index in [-0.39, 0.29) is 28.3 Å². The van der Waals surface area contributed by atoms with Crippen molar-refractivity contribution >= 4 is 57.6 Å². The Morgan fingerprint density at radius 2 is 1.78 bits per heavy atom. The molecular weight excluding hydrogens is 473 g/mol. The molecule has 4 aromatic rings. The number of aromatic nitrogens is 2. The van der Waals surface area contributed by atoms with Crippen LogP contribution in [0.1, 0.15) is 16.7 Å². The number of hydrogen-bond acceptors (Lipinski definition) is 5. The van der Waals surface area contributed by atoms with Gasteiger partial charge in [-0.25, -0.2) is 4.98 Å². The topological polar surface area (TPSA) is 77.3 Å². The molecule has 1 N–H and O–H groups in total. The summed E-state index contributed by atoms with van der Waals surface area (Å²) in [6, 6.07) is 9.06. The molecule has 0 unspecified atom stereocenters. The molecule has 0 aliphatic rings. The van der Waals surface area contributed by atoms with Gasteiger partial charge in [0, 0.05) is 22.5 Å². The molecule has 2 aromatic heterocycles. The van der Waals surface area contributed by atoms with Gasteiger partial charge in [-0.1, -0.05) is 34.8 Å². The van der Waals surface area contributed by atoms with E-state index in [2.05, 4.69) is 15.3 Å². The maximum Gasteiger partial charge on any atom is 0.262 e. The first-order chi connectivity index (χ1) is 15.3. The number of anilines is 1. The number of halogens is 3. The lowest BCUT2D eigenvalue weighted by atomic mass is 10.1. The van der Waals surface area contributed by atoms with Gasteiger partial charge in [-0.2, -0.15) is 4.98 Å². The van der Waals surface area contributed by atoms with Crippen LogP contribution in [0.3, 0.4) is 0 Å². The molecule has 6 nitrogen and oxygen atoms in total. The molecule has 0 saturated carbocycles. The summed E-state index contributed by atoms with van der Waals surface area (Å²) >= 11 is 18.8. The van der Waals surface area contributed by atoms with Crippen molar-refractivity contribution in [2.75, 3.05) is 11.9 Å². The number of carbonyl (C=O) groups excluding carboxylic acids is 1. The Bertz CT molecular complexity index is 1290. The zero-order chi connectivity index (χ0) is 23.0. The van der Waals surface area contributed by atoms with E-state index in [9.17, 15) is 4.79 Å². The molecule has 1 amide bonds. The summed E-state index contributed by atoms with van der Waals surface area (Å²) < 4.78 is 11.4. The number of rotatable bonds is 5. The number of nitrogens with one attached hydrogen (secondary N) is 1. The second-order valence-electron chi connectivity index (χ2n) is 7.23. The van der Waals surface area contributed by atoms with Gasteiger partial charge in [0.2, 0.25) is 5.89 Å². The quantitative estimate of drug-likeness (QED) is 0.333. The number of pyridine rings is 1. The van der Waals surface area contributed by atoms with Gasteiger partial charge >= 0.3 is 0 Å². The fourth-order valence-corrected chi connectivity index (χ4v) is 4.01. The normalized spacial score (nSPS) is 11.1. The van der Waals surface area contributed by atoms with E-state index in [1.54, 1.807) is 32.2 Å². The third-order valence-electron chi connectivity index (χ3n) is 4.98. The van der Waals surface area contributed by atoms with Crippen LogP contribution in [0, 0.1) is 20.8 Å². The Kier molecular flexibility index (Phi) is 6.29. The van der Waals surface area contributed by atoms with Gasteiger partial charge in [0.15, 0.2) is 23.6 Å². The number of benzene rings is 2. The Labute approximate surface area is 199 Å². The van der Waals surface area contributed by atoms with Gasteiger partial charge < -0.3 is 14.5 Å². The van der Waals surface area contributed by atoms with Crippen LogP contribution in [-0.4, -0.2) is 22.5 Å². The van der Waals surface area contributed by atoms with E-state index >= 15 is 0 Å². The first kappa shape index (κ1) is 22.4. The number of amides is 1. The number of hydrogen-bond donors (Lipinski definition) is 1. The maximum absolute atomic E-state index is 12.5. The third-order valence-corrected chi connectivity index (χ3v) is 6.45. The summed E-state index contributed by atoms with van der Waals surface area (Å²) in [5, 5.41) is 3.87. The molecule has 0 atom stereocenters. The molecule has 2 heterocycles. The van der Waals surface area contributed by atoms with Crippen molar-refractivity contribution in [1.29, 1.82) is 0 Å². The Balaban J connectivity index is 1.47. The second kappa shape index (κ2) is 8.98. The summed E-state index contributed by atoms with van der Waals surface area (Å²) in [6.07, 6.45) is 1.66. The summed E-state index contributed by atoms with van der Waals surface area (Å²) in [5.41, 5.74) is 4.69. The molecule has 0 aliphatic heterocycles. The molecule has 0 radical (unpaired) electrons. The van der Waals surface area contributed by atoms with Gasteiger partial charge in [-0.05, 0) is 67.8 Å². The SMILES string of the molecule is Cc1cc(-c2nc3ncccc3o2)ccc1NC(=O)COc1c(Cl)c(C)c(Cl)c(C)c1Cl. The molecule has 0 aliphatic carbocycles. The zero-order valence-corrected chi connectivity index (χ0v) is 19.7. The van der Waals surface area contributed by atoms with E-state index < -0.39 is 0 Å². The monoisotopic (exact) mass is 489 g/mol. The van der Waals surface area contributed by atoms with Gasteiger partial charge in [0.1, 0.15) is 0 Å². The van der Waals surface area contributed by atoms with Crippen LogP contribution in [0.15, 0.2) is 40.9 Å². The van der Waals surface area contributed by atoms with E-state index in [1.165, 1.54) is 0 Å². The van der Waals surface area contributed by atoms with Crippen molar-refractivity contribution in [2.24, 2.45) is 0 Å². The first-order valence-corrected chi connectivity index (χ1v) is 10.8. The Morgan fingerprint density at radius 3 is 2.44 bits per heavy atom. The van der Waals surface area contributed by atoms with Crippen LogP contribution in [0.25, 0.3) is 22.7 Å². The number of ether oxygens (including phenoxy) is 1. The van der Waals surface area contributed by atoms with E-state index in [4.69, 9.17) is 44.0 Å². The number of fused-ring (bicyclic) bond motifs is 1. The molecule has 2 aromatic carbocycles. The minimum Gasteiger partial charge on any atom is -0.481 e. The third kappa shape index (κ3) is 4.26. The molecule has 0 spiro atoms. The van der Waals surface area contributed by atoms with Crippen LogP contribution in [0.5, 0.6) is 5.75 Å². The van der Waals surface area contributed by atoms with Gasteiger partial charge in [0.05, 0.1) is 10.0 Å². The summed E-state index contributed by atoms with van der Waals surface area (Å²) in [5.74, 6) is 0.338. The highest BCUT2D eigenvalue weighted by atomic mass is 35.5. The largest absolute Gasteiger partial charge is 0.481 e. The van der Waals surface area contributed by atoms with Crippen LogP contribution in [0.2, 0.25) is 15.1 Å². The highest BCUT2D eigenvalue weighted by Crippen LogP contribution is 2.42. The molecule has 9 heteroatoms. The zero-order valence-electron chi connectivity index (χ0n) is 17.4. The first-order valence-electron chi connectivity index (χ1n) is 9.65. The highest BCUT2D eigenvalue weighted by Gasteiger charge is 2.19. The fraction of sp³-hybridized carbons (Fsp3) is 0.174. The minimum absolute atomic E-state index is 0.236. The summed E-state index contributed by atoms with van der Waals surface area (Å²) in [7, 11) is 0. The Morgan fingerprint density at radius 1 is 1.06 bits per heavy atom. The van der Waals surface area contributed by atoms with Crippen molar-refractivity contribution < 1.29 is 13.9 Å². The predicted octanol–water partition coefficient (Wildman–Crippen LogP) is 6.79. The number of carbonyl (C=O) groups is 1. The molecular formula is C23H18Cl3N3O3. The molecule has 0 saturated heterocycles. The standard InChI is InChI=1S/C23H18Cl3N3O3/c1-11-9-14(23-29-22-16(32-23)5-4-8-27-22)6-7-15(11)28-17(30)10-31-21-19(25)12(2)18(24)13(3)20(21)26/h4-9H,10H2,1-3H3,(H,28,30). The lowest BCUT2D eigenvalue weighted by Crippen LogP contribution is -2.21. The van der Waals surface area contributed by atoms with Gasteiger partial charge in [-0.15, -0.1) is 0 Å². The summed E-state index contributed by atoms with van der Waals surface area (Å²) in [6.45, 7) is 5.13. The van der Waals surface area contributed by atoms with Crippen molar-refractivity contribution in [3.8, 4) is 17.2 Å². The lowest BCUT2D eigenvalue weighted by Gasteiger charge is -2.16. The van der Waals surface area contributed by atoms with E-state index in [0.29, 0.717) is 39.0 Å². The number of aryl methyl sites for hydroxylation is 1. The average molecular weight is 491 g/mol. The molecule has 32 heavy (non-hydrogen) atoms. The van der Waals surface area contributed by atoms with Crippen LogP contribution in [-0.2, 0) is 4.79 Å². The van der Waals surface area contributed by atoms with E-state index in [1.807, 2.05) is 25.1 Å². The maximum atomic E-state index is 12.5. The van der Waals surface area contributed by atoms with Crippen LogP contribution in [0.4, 0.5) is 5.69 Å². The number of nitrogens with zero attached hydrogens (tertiary/aromatic N) is 2. The van der Waals surface area contributed by atoms with Crippen LogP contribution < -0.4 is 10.1 Å².